The highest BCUT2D eigenvalue weighted by Gasteiger charge is 2.13. The van der Waals surface area contributed by atoms with Gasteiger partial charge in [0.25, 0.3) is 0 Å². The lowest BCUT2D eigenvalue weighted by molar-refractivity contribution is 0.0510. The first-order valence-electron chi connectivity index (χ1n) is 8.63. The van der Waals surface area contributed by atoms with Gasteiger partial charge in [0.05, 0.1) is 17.9 Å². The molecule has 0 fully saturated rings. The fourth-order valence-corrected chi connectivity index (χ4v) is 2.69. The number of benzene rings is 2. The minimum atomic E-state index is -0.326. The van der Waals surface area contributed by atoms with Crippen molar-refractivity contribution in [2.24, 2.45) is 0 Å². The Morgan fingerprint density at radius 2 is 1.69 bits per heavy atom. The summed E-state index contributed by atoms with van der Waals surface area (Å²) in [4.78, 5) is 16.5. The molecule has 132 valence electrons. The molecule has 3 rings (SSSR count). The highest BCUT2D eigenvalue weighted by Crippen LogP contribution is 2.25. The number of ether oxygens (including phenoxy) is 1. The van der Waals surface area contributed by atoms with Crippen LogP contribution in [0.25, 0.3) is 0 Å². The number of carbonyl (C=O) groups excluding carboxylic acids is 1. The van der Waals surface area contributed by atoms with Crippen LogP contribution < -0.4 is 5.32 Å². The van der Waals surface area contributed by atoms with Gasteiger partial charge in [-0.15, -0.1) is 0 Å². The number of anilines is 2. The molecule has 1 N–H and O–H groups in total. The number of esters is 1. The SMILES string of the molecule is Cc1cccc(Nc2ccccc2C(=O)OCCc2ccncc2)c1C. The molecule has 0 aliphatic rings. The van der Waals surface area contributed by atoms with Crippen molar-refractivity contribution in [3.8, 4) is 0 Å². The lowest BCUT2D eigenvalue weighted by Crippen LogP contribution is -2.10. The molecular formula is C22H22N2O2. The summed E-state index contributed by atoms with van der Waals surface area (Å²) in [6, 6.07) is 17.3. The fraction of sp³-hybridized carbons (Fsp3) is 0.182. The van der Waals surface area contributed by atoms with Crippen LogP contribution in [0.4, 0.5) is 11.4 Å². The fourth-order valence-electron chi connectivity index (χ4n) is 2.69. The number of aryl methyl sites for hydroxylation is 1. The number of nitrogens with zero attached hydrogens (tertiary/aromatic N) is 1. The lowest BCUT2D eigenvalue weighted by Gasteiger charge is -2.14. The molecule has 0 spiro atoms. The molecule has 0 aliphatic heterocycles. The molecule has 1 heterocycles. The van der Waals surface area contributed by atoms with Crippen molar-refractivity contribution in [2.45, 2.75) is 20.3 Å². The molecule has 1 aromatic heterocycles. The van der Waals surface area contributed by atoms with Crippen molar-refractivity contribution in [3.05, 3.63) is 89.2 Å². The molecule has 0 aliphatic carbocycles. The van der Waals surface area contributed by atoms with Crippen LogP contribution in [-0.4, -0.2) is 17.6 Å². The van der Waals surface area contributed by atoms with E-state index in [0.29, 0.717) is 18.6 Å². The van der Waals surface area contributed by atoms with Crippen molar-refractivity contribution in [2.75, 3.05) is 11.9 Å². The zero-order valence-electron chi connectivity index (χ0n) is 15.0. The van der Waals surface area contributed by atoms with Crippen molar-refractivity contribution >= 4 is 17.3 Å². The van der Waals surface area contributed by atoms with Gasteiger partial charge in [0.15, 0.2) is 0 Å². The van der Waals surface area contributed by atoms with Crippen LogP contribution >= 0.6 is 0 Å². The molecule has 0 atom stereocenters. The summed E-state index contributed by atoms with van der Waals surface area (Å²) < 4.78 is 5.47. The summed E-state index contributed by atoms with van der Waals surface area (Å²) in [6.07, 6.45) is 4.14. The highest BCUT2D eigenvalue weighted by atomic mass is 16.5. The number of para-hydroxylation sites is 1. The molecule has 4 nitrogen and oxygen atoms in total. The van der Waals surface area contributed by atoms with Gasteiger partial charge in [0, 0.05) is 24.5 Å². The van der Waals surface area contributed by atoms with Crippen LogP contribution in [0.15, 0.2) is 67.0 Å². The third-order valence-corrected chi connectivity index (χ3v) is 4.39. The summed E-state index contributed by atoms with van der Waals surface area (Å²) in [5, 5.41) is 3.36. The molecule has 0 unspecified atom stereocenters. The zero-order chi connectivity index (χ0) is 18.4. The van der Waals surface area contributed by atoms with Crippen molar-refractivity contribution in [3.63, 3.8) is 0 Å². The molecule has 0 saturated heterocycles. The van der Waals surface area contributed by atoms with E-state index in [9.17, 15) is 4.79 Å². The minimum Gasteiger partial charge on any atom is -0.462 e. The zero-order valence-corrected chi connectivity index (χ0v) is 15.0. The Kier molecular flexibility index (Phi) is 5.64. The summed E-state index contributed by atoms with van der Waals surface area (Å²) >= 11 is 0. The van der Waals surface area contributed by atoms with Crippen LogP contribution in [-0.2, 0) is 11.2 Å². The first-order valence-corrected chi connectivity index (χ1v) is 8.63. The Hall–Kier alpha value is -3.14. The summed E-state index contributed by atoms with van der Waals surface area (Å²) in [6.45, 7) is 4.47. The minimum absolute atomic E-state index is 0.326. The third-order valence-electron chi connectivity index (χ3n) is 4.39. The maximum absolute atomic E-state index is 12.5. The number of hydrogen-bond donors (Lipinski definition) is 1. The van der Waals surface area contributed by atoms with Gasteiger partial charge in [0.2, 0.25) is 0 Å². The molecule has 2 aromatic carbocycles. The van der Waals surface area contributed by atoms with Gasteiger partial charge in [-0.2, -0.15) is 0 Å². The average Bonchev–Trinajstić information content (AvgIpc) is 2.67. The number of hydrogen-bond acceptors (Lipinski definition) is 4. The largest absolute Gasteiger partial charge is 0.462 e. The molecule has 0 amide bonds. The van der Waals surface area contributed by atoms with E-state index in [1.165, 1.54) is 5.56 Å². The normalized spacial score (nSPS) is 10.4. The molecule has 0 radical (unpaired) electrons. The molecule has 0 saturated carbocycles. The van der Waals surface area contributed by atoms with Crippen molar-refractivity contribution in [1.82, 2.24) is 4.98 Å². The van der Waals surface area contributed by atoms with Crippen molar-refractivity contribution in [1.29, 1.82) is 0 Å². The van der Waals surface area contributed by atoms with Crippen LogP contribution in [0.3, 0.4) is 0 Å². The number of nitrogens with one attached hydrogen (secondary N) is 1. The van der Waals surface area contributed by atoms with Gasteiger partial charge in [-0.1, -0.05) is 24.3 Å². The Bertz CT molecular complexity index is 892. The van der Waals surface area contributed by atoms with E-state index in [-0.39, 0.29) is 5.97 Å². The molecular weight excluding hydrogens is 324 g/mol. The number of aromatic nitrogens is 1. The number of pyridine rings is 1. The highest BCUT2D eigenvalue weighted by molar-refractivity contribution is 5.96. The van der Waals surface area contributed by atoms with Crippen LogP contribution in [0.2, 0.25) is 0 Å². The topological polar surface area (TPSA) is 51.2 Å². The van der Waals surface area contributed by atoms with Gasteiger partial charge in [-0.05, 0) is 60.9 Å². The van der Waals surface area contributed by atoms with E-state index in [1.54, 1.807) is 18.5 Å². The monoisotopic (exact) mass is 346 g/mol. The Labute approximate surface area is 153 Å². The first-order chi connectivity index (χ1) is 12.6. The van der Waals surface area contributed by atoms with Crippen LogP contribution in [0.5, 0.6) is 0 Å². The maximum Gasteiger partial charge on any atom is 0.340 e. The molecule has 0 bridgehead atoms. The maximum atomic E-state index is 12.5. The third kappa shape index (κ3) is 4.28. The molecule has 26 heavy (non-hydrogen) atoms. The summed E-state index contributed by atoms with van der Waals surface area (Å²) in [7, 11) is 0. The number of carbonyl (C=O) groups is 1. The lowest BCUT2D eigenvalue weighted by atomic mass is 10.1. The van der Waals surface area contributed by atoms with E-state index in [0.717, 1.165) is 22.5 Å². The van der Waals surface area contributed by atoms with Crippen LogP contribution in [0, 0.1) is 13.8 Å². The van der Waals surface area contributed by atoms with Gasteiger partial charge in [0.1, 0.15) is 0 Å². The smallest absolute Gasteiger partial charge is 0.340 e. The Morgan fingerprint density at radius 3 is 2.50 bits per heavy atom. The summed E-state index contributed by atoms with van der Waals surface area (Å²) in [5.41, 5.74) is 5.72. The van der Waals surface area contributed by atoms with E-state index < -0.39 is 0 Å². The van der Waals surface area contributed by atoms with E-state index in [4.69, 9.17) is 4.74 Å². The standard InChI is InChI=1S/C22H22N2O2/c1-16-6-5-9-20(17(16)2)24-21-8-4-3-7-19(21)22(25)26-15-12-18-10-13-23-14-11-18/h3-11,13-14,24H,12,15H2,1-2H3. The van der Waals surface area contributed by atoms with E-state index in [1.807, 2.05) is 42.5 Å². The Balaban J connectivity index is 1.70. The predicted octanol–water partition coefficient (Wildman–Crippen LogP) is 4.84. The number of rotatable bonds is 6. The Morgan fingerprint density at radius 1 is 0.962 bits per heavy atom. The molecule has 3 aromatic rings. The van der Waals surface area contributed by atoms with Gasteiger partial charge < -0.3 is 10.1 Å². The predicted molar refractivity (Wildman–Crippen MR) is 104 cm³/mol. The van der Waals surface area contributed by atoms with E-state index in [2.05, 4.69) is 30.2 Å². The van der Waals surface area contributed by atoms with E-state index >= 15 is 0 Å². The van der Waals surface area contributed by atoms with Crippen LogP contribution in [0.1, 0.15) is 27.0 Å². The average molecular weight is 346 g/mol. The van der Waals surface area contributed by atoms with Gasteiger partial charge in [-0.3, -0.25) is 4.98 Å². The van der Waals surface area contributed by atoms with Crippen molar-refractivity contribution < 1.29 is 9.53 Å². The summed E-state index contributed by atoms with van der Waals surface area (Å²) in [5.74, 6) is -0.326. The van der Waals surface area contributed by atoms with Gasteiger partial charge in [-0.25, -0.2) is 4.79 Å². The first kappa shape index (κ1) is 17.7. The second kappa shape index (κ2) is 8.30. The quantitative estimate of drug-likeness (QED) is 0.649. The molecule has 4 heteroatoms. The second-order valence-corrected chi connectivity index (χ2v) is 6.16. The second-order valence-electron chi connectivity index (χ2n) is 6.16. The van der Waals surface area contributed by atoms with Gasteiger partial charge >= 0.3 is 5.97 Å².